The van der Waals surface area contributed by atoms with Crippen LogP contribution in [0.15, 0.2) is 48.5 Å². The molecule has 0 radical (unpaired) electrons. The average Bonchev–Trinajstić information content (AvgIpc) is 3.13. The molecule has 1 aromatic heterocycles. The molecule has 5 rings (SSSR count). The molecule has 0 atom stereocenters. The van der Waals surface area contributed by atoms with Crippen LogP contribution in [0.5, 0.6) is 11.5 Å². The monoisotopic (exact) mass is 358 g/mol. The van der Waals surface area contributed by atoms with Crippen molar-refractivity contribution >= 4 is 21.8 Å². The Labute approximate surface area is 158 Å². The van der Waals surface area contributed by atoms with Crippen LogP contribution in [0, 0.1) is 0 Å². The molecule has 4 aromatic rings. The summed E-state index contributed by atoms with van der Waals surface area (Å²) in [6.45, 7) is 4.31. The van der Waals surface area contributed by atoms with Crippen molar-refractivity contribution in [2.75, 3.05) is 7.11 Å². The number of aromatic amines is 1. The fourth-order valence-corrected chi connectivity index (χ4v) is 3.96. The molecule has 0 spiro atoms. The molecule has 0 fully saturated rings. The third-order valence-electron chi connectivity index (χ3n) is 5.40. The highest BCUT2D eigenvalue weighted by molar-refractivity contribution is 6.10. The molecule has 1 aliphatic heterocycles. The van der Waals surface area contributed by atoms with E-state index in [1.165, 1.54) is 5.56 Å². The maximum absolute atomic E-state index is 6.42. The predicted octanol–water partition coefficient (Wildman–Crippen LogP) is 5.50. The smallest absolute Gasteiger partial charge is 0.138 e. The van der Waals surface area contributed by atoms with Gasteiger partial charge in [-0.15, -0.1) is 0 Å². The van der Waals surface area contributed by atoms with E-state index in [9.17, 15) is 0 Å². The van der Waals surface area contributed by atoms with Crippen LogP contribution in [0.4, 0.5) is 0 Å². The molecule has 4 nitrogen and oxygen atoms in total. The van der Waals surface area contributed by atoms with E-state index < -0.39 is 0 Å². The van der Waals surface area contributed by atoms with Crippen molar-refractivity contribution in [3.8, 4) is 22.9 Å². The van der Waals surface area contributed by atoms with E-state index in [1.54, 1.807) is 7.11 Å². The van der Waals surface area contributed by atoms with Gasteiger partial charge in [0.05, 0.1) is 18.1 Å². The normalized spacial score (nSPS) is 15.5. The molecule has 3 aromatic carbocycles. The van der Waals surface area contributed by atoms with E-state index in [0.717, 1.165) is 57.5 Å². The predicted molar refractivity (Wildman–Crippen MR) is 109 cm³/mol. The van der Waals surface area contributed by atoms with Crippen LogP contribution in [-0.2, 0) is 6.42 Å². The van der Waals surface area contributed by atoms with Gasteiger partial charge in [-0.05, 0) is 38.8 Å². The minimum atomic E-state index is -0.157. The van der Waals surface area contributed by atoms with Gasteiger partial charge in [0.25, 0.3) is 0 Å². The zero-order chi connectivity index (χ0) is 18.6. The van der Waals surface area contributed by atoms with Crippen molar-refractivity contribution in [3.63, 3.8) is 0 Å². The second-order valence-electron chi connectivity index (χ2n) is 7.76. The first kappa shape index (κ1) is 16.2. The number of aryl methyl sites for hydroxylation is 1. The van der Waals surface area contributed by atoms with E-state index in [0.29, 0.717) is 0 Å². The van der Waals surface area contributed by atoms with E-state index in [2.05, 4.69) is 49.2 Å². The van der Waals surface area contributed by atoms with Crippen LogP contribution < -0.4 is 9.47 Å². The number of nitrogens with zero attached hydrogens (tertiary/aromatic N) is 1. The van der Waals surface area contributed by atoms with Crippen LogP contribution >= 0.6 is 0 Å². The lowest BCUT2D eigenvalue weighted by Gasteiger charge is -2.33. The fraction of sp³-hybridized carbons (Fsp3) is 0.261. The number of hydrogen-bond acceptors (Lipinski definition) is 3. The van der Waals surface area contributed by atoms with Crippen molar-refractivity contribution in [2.45, 2.75) is 32.3 Å². The standard InChI is InChI=1S/C23H22N2O2/c1-23(2)12-11-18-20-19(16-9-4-5-10-17(16)21(18)27-23)24-22(25-20)14-7-6-8-15(13-14)26-3/h4-10,13H,11-12H2,1-3H3,(H,24,25). The summed E-state index contributed by atoms with van der Waals surface area (Å²) < 4.78 is 11.8. The molecule has 136 valence electrons. The van der Waals surface area contributed by atoms with Gasteiger partial charge < -0.3 is 14.5 Å². The first-order valence-electron chi connectivity index (χ1n) is 9.32. The summed E-state index contributed by atoms with van der Waals surface area (Å²) in [7, 11) is 1.68. The number of nitrogens with one attached hydrogen (secondary N) is 1. The molecular formula is C23H22N2O2. The lowest BCUT2D eigenvalue weighted by atomic mass is 9.91. The molecule has 4 heteroatoms. The Hall–Kier alpha value is -3.01. The highest BCUT2D eigenvalue weighted by Crippen LogP contribution is 2.43. The fourth-order valence-electron chi connectivity index (χ4n) is 3.96. The second kappa shape index (κ2) is 5.74. The minimum Gasteiger partial charge on any atom is -0.497 e. The molecule has 0 aliphatic carbocycles. The topological polar surface area (TPSA) is 47.1 Å². The van der Waals surface area contributed by atoms with Crippen molar-refractivity contribution in [1.82, 2.24) is 9.97 Å². The highest BCUT2D eigenvalue weighted by atomic mass is 16.5. The summed E-state index contributed by atoms with van der Waals surface area (Å²) in [5.41, 5.74) is 4.14. The number of imidazole rings is 1. The molecule has 0 saturated heterocycles. The molecule has 0 amide bonds. The molecule has 27 heavy (non-hydrogen) atoms. The van der Waals surface area contributed by atoms with Crippen LogP contribution in [-0.4, -0.2) is 22.7 Å². The van der Waals surface area contributed by atoms with Gasteiger partial charge in [0.1, 0.15) is 22.9 Å². The first-order chi connectivity index (χ1) is 13.1. The van der Waals surface area contributed by atoms with Gasteiger partial charge in [0, 0.05) is 21.9 Å². The Morgan fingerprint density at radius 3 is 2.70 bits per heavy atom. The van der Waals surface area contributed by atoms with Gasteiger partial charge >= 0.3 is 0 Å². The summed E-state index contributed by atoms with van der Waals surface area (Å²) in [4.78, 5) is 8.53. The summed E-state index contributed by atoms with van der Waals surface area (Å²) in [5.74, 6) is 2.66. The Morgan fingerprint density at radius 2 is 1.89 bits per heavy atom. The first-order valence-corrected chi connectivity index (χ1v) is 9.32. The number of aromatic nitrogens is 2. The summed E-state index contributed by atoms with van der Waals surface area (Å²) in [6, 6.07) is 16.4. The lowest BCUT2D eigenvalue weighted by Crippen LogP contribution is -2.32. The minimum absolute atomic E-state index is 0.157. The molecule has 2 heterocycles. The van der Waals surface area contributed by atoms with E-state index in [-0.39, 0.29) is 5.60 Å². The van der Waals surface area contributed by atoms with Gasteiger partial charge in [-0.3, -0.25) is 0 Å². The lowest BCUT2D eigenvalue weighted by molar-refractivity contribution is 0.0873. The van der Waals surface area contributed by atoms with Crippen molar-refractivity contribution in [3.05, 3.63) is 54.1 Å². The van der Waals surface area contributed by atoms with Crippen LogP contribution in [0.2, 0.25) is 0 Å². The zero-order valence-electron chi connectivity index (χ0n) is 15.8. The maximum atomic E-state index is 6.42. The van der Waals surface area contributed by atoms with Crippen LogP contribution in [0.3, 0.4) is 0 Å². The summed E-state index contributed by atoms with van der Waals surface area (Å²) >= 11 is 0. The van der Waals surface area contributed by atoms with Crippen molar-refractivity contribution in [2.24, 2.45) is 0 Å². The van der Waals surface area contributed by atoms with Crippen LogP contribution in [0.25, 0.3) is 33.2 Å². The SMILES string of the molecule is COc1cccc(-c2nc3c4c(c5ccccc5c3[nH]2)OC(C)(C)CC4)c1. The van der Waals surface area contributed by atoms with Gasteiger partial charge in [0.2, 0.25) is 0 Å². The molecular weight excluding hydrogens is 336 g/mol. The van der Waals surface area contributed by atoms with E-state index in [4.69, 9.17) is 14.5 Å². The largest absolute Gasteiger partial charge is 0.497 e. The summed E-state index contributed by atoms with van der Waals surface area (Å²) in [5, 5.41) is 2.29. The number of fused-ring (bicyclic) bond motifs is 6. The molecule has 1 aliphatic rings. The number of benzene rings is 3. The van der Waals surface area contributed by atoms with Crippen molar-refractivity contribution in [1.29, 1.82) is 0 Å². The van der Waals surface area contributed by atoms with Gasteiger partial charge in [-0.25, -0.2) is 4.98 Å². The number of hydrogen-bond donors (Lipinski definition) is 1. The third kappa shape index (κ3) is 2.55. The Balaban J connectivity index is 1.81. The van der Waals surface area contributed by atoms with E-state index in [1.807, 2.05) is 18.2 Å². The maximum Gasteiger partial charge on any atom is 0.138 e. The Morgan fingerprint density at radius 1 is 1.07 bits per heavy atom. The van der Waals surface area contributed by atoms with Gasteiger partial charge in [-0.1, -0.05) is 36.4 Å². The van der Waals surface area contributed by atoms with Gasteiger partial charge in [0.15, 0.2) is 0 Å². The Kier molecular flexibility index (Phi) is 3.44. The molecule has 0 bridgehead atoms. The molecule has 1 N–H and O–H groups in total. The quantitative estimate of drug-likeness (QED) is 0.515. The molecule has 0 unspecified atom stereocenters. The number of H-pyrrole nitrogens is 1. The van der Waals surface area contributed by atoms with Crippen molar-refractivity contribution < 1.29 is 9.47 Å². The third-order valence-corrected chi connectivity index (χ3v) is 5.40. The van der Waals surface area contributed by atoms with E-state index >= 15 is 0 Å². The Bertz CT molecular complexity index is 1170. The highest BCUT2D eigenvalue weighted by Gasteiger charge is 2.30. The number of rotatable bonds is 2. The van der Waals surface area contributed by atoms with Crippen LogP contribution in [0.1, 0.15) is 25.8 Å². The second-order valence-corrected chi connectivity index (χ2v) is 7.76. The zero-order valence-corrected chi connectivity index (χ0v) is 15.8. The van der Waals surface area contributed by atoms with Gasteiger partial charge in [-0.2, -0.15) is 0 Å². The number of ether oxygens (including phenoxy) is 2. The summed E-state index contributed by atoms with van der Waals surface area (Å²) in [6.07, 6.45) is 1.95. The average molecular weight is 358 g/mol. The molecule has 0 saturated carbocycles. The number of methoxy groups -OCH3 is 1.